The van der Waals surface area contributed by atoms with E-state index >= 15 is 0 Å². The maximum absolute atomic E-state index is 12.6. The van der Waals surface area contributed by atoms with Gasteiger partial charge in [-0.15, -0.1) is 0 Å². The molecule has 1 aromatic heterocycles. The van der Waals surface area contributed by atoms with E-state index in [9.17, 15) is 4.79 Å². The number of aromatic nitrogens is 1. The molecule has 3 fully saturated rings. The Morgan fingerprint density at radius 1 is 1.24 bits per heavy atom. The zero-order valence-electron chi connectivity index (χ0n) is 11.8. The van der Waals surface area contributed by atoms with Crippen molar-refractivity contribution >= 4 is 22.5 Å². The van der Waals surface area contributed by atoms with Crippen molar-refractivity contribution in [2.75, 3.05) is 5.73 Å². The van der Waals surface area contributed by atoms with Gasteiger partial charge in [-0.25, -0.2) is 0 Å². The molecule has 1 heterocycles. The first-order valence-corrected chi connectivity index (χ1v) is 7.90. The first-order chi connectivity index (χ1) is 10.2. The van der Waals surface area contributed by atoms with Gasteiger partial charge < -0.3 is 16.0 Å². The van der Waals surface area contributed by atoms with Gasteiger partial charge in [0, 0.05) is 28.8 Å². The van der Waals surface area contributed by atoms with Crippen molar-refractivity contribution in [2.24, 2.45) is 23.7 Å². The Balaban J connectivity index is 1.40. The Labute approximate surface area is 123 Å². The predicted octanol–water partition coefficient (Wildman–Crippen LogP) is 2.52. The van der Waals surface area contributed by atoms with Crippen LogP contribution < -0.4 is 11.1 Å². The summed E-state index contributed by atoms with van der Waals surface area (Å²) in [5.41, 5.74) is 8.21. The van der Waals surface area contributed by atoms with Crippen LogP contribution >= 0.6 is 0 Å². The fraction of sp³-hybridized carbons (Fsp3) is 0.471. The highest BCUT2D eigenvalue weighted by Gasteiger charge is 2.65. The van der Waals surface area contributed by atoms with Crippen LogP contribution in [-0.4, -0.2) is 16.9 Å². The molecule has 3 aliphatic rings. The number of anilines is 1. The van der Waals surface area contributed by atoms with Crippen molar-refractivity contribution in [1.82, 2.24) is 10.3 Å². The van der Waals surface area contributed by atoms with E-state index in [1.165, 1.54) is 19.3 Å². The molecule has 2 aromatic rings. The second-order valence-electron chi connectivity index (χ2n) is 6.99. The van der Waals surface area contributed by atoms with Crippen molar-refractivity contribution in [3.63, 3.8) is 0 Å². The van der Waals surface area contributed by atoms with E-state index in [1.807, 2.05) is 18.2 Å². The quantitative estimate of drug-likeness (QED) is 0.740. The van der Waals surface area contributed by atoms with Crippen LogP contribution in [0.15, 0.2) is 24.4 Å². The number of benzene rings is 1. The molecule has 0 radical (unpaired) electrons. The number of aromatic amines is 1. The van der Waals surface area contributed by atoms with Crippen LogP contribution in [0, 0.1) is 23.7 Å². The number of H-pyrrole nitrogens is 1. The summed E-state index contributed by atoms with van der Waals surface area (Å²) in [6.07, 6.45) is 5.96. The van der Waals surface area contributed by atoms with Gasteiger partial charge in [0.25, 0.3) is 5.91 Å². The summed E-state index contributed by atoms with van der Waals surface area (Å²) in [7, 11) is 0. The number of nitrogens with one attached hydrogen (secondary N) is 2. The van der Waals surface area contributed by atoms with Gasteiger partial charge in [-0.2, -0.15) is 0 Å². The molecule has 4 atom stereocenters. The largest absolute Gasteiger partial charge is 0.399 e. The van der Waals surface area contributed by atoms with Gasteiger partial charge in [-0.1, -0.05) is 0 Å². The van der Waals surface area contributed by atoms with Crippen molar-refractivity contribution in [2.45, 2.75) is 25.3 Å². The standard InChI is InChI=1S/C17H19N3O/c18-10-3-4-13-11(6-10)12(7-19-13)17(21)20-16-14-8-1-2-9(5-8)15(14)16/h3-4,6-9,14-16,19H,1-2,5,18H2,(H,20,21). The number of rotatable bonds is 2. The molecule has 0 spiro atoms. The summed E-state index contributed by atoms with van der Waals surface area (Å²) < 4.78 is 0. The maximum Gasteiger partial charge on any atom is 0.253 e. The normalized spacial score (nSPS) is 35.9. The van der Waals surface area contributed by atoms with Crippen LogP contribution in [0.4, 0.5) is 5.69 Å². The molecule has 1 amide bonds. The SMILES string of the molecule is Nc1ccc2[nH]cc(C(=O)NC3C4C5CCC(C5)C34)c2c1. The topological polar surface area (TPSA) is 70.9 Å². The molecule has 108 valence electrons. The Morgan fingerprint density at radius 2 is 2.00 bits per heavy atom. The van der Waals surface area contributed by atoms with Crippen LogP contribution in [0.25, 0.3) is 10.9 Å². The molecule has 0 saturated heterocycles. The van der Waals surface area contributed by atoms with Crippen LogP contribution in [0.2, 0.25) is 0 Å². The monoisotopic (exact) mass is 281 g/mol. The minimum atomic E-state index is 0.0469. The molecular weight excluding hydrogens is 262 g/mol. The lowest BCUT2D eigenvalue weighted by molar-refractivity contribution is 0.0946. The van der Waals surface area contributed by atoms with Gasteiger partial charge in [0.2, 0.25) is 0 Å². The van der Waals surface area contributed by atoms with Crippen LogP contribution in [0.1, 0.15) is 29.6 Å². The molecule has 4 nitrogen and oxygen atoms in total. The van der Waals surface area contributed by atoms with E-state index in [-0.39, 0.29) is 5.91 Å². The van der Waals surface area contributed by atoms with Gasteiger partial charge in [-0.05, 0) is 61.1 Å². The Kier molecular flexibility index (Phi) is 2.12. The number of carbonyl (C=O) groups is 1. The summed E-state index contributed by atoms with van der Waals surface area (Å²) >= 11 is 0. The molecule has 4 N–H and O–H groups in total. The van der Waals surface area contributed by atoms with E-state index in [1.54, 1.807) is 6.20 Å². The summed E-state index contributed by atoms with van der Waals surface area (Å²) in [6, 6.07) is 6.07. The third-order valence-electron chi connectivity index (χ3n) is 5.98. The summed E-state index contributed by atoms with van der Waals surface area (Å²) in [6.45, 7) is 0. The number of amides is 1. The smallest absolute Gasteiger partial charge is 0.253 e. The van der Waals surface area contributed by atoms with Crippen molar-refractivity contribution in [3.8, 4) is 0 Å². The highest BCUT2D eigenvalue weighted by Crippen LogP contribution is 2.65. The fourth-order valence-corrected chi connectivity index (χ4v) is 5.07. The van der Waals surface area contributed by atoms with E-state index in [4.69, 9.17) is 5.73 Å². The van der Waals surface area contributed by atoms with Crippen LogP contribution in [0.5, 0.6) is 0 Å². The molecule has 2 bridgehead atoms. The average Bonchev–Trinajstić information content (AvgIpc) is 2.88. The minimum absolute atomic E-state index is 0.0469. The Hall–Kier alpha value is -1.97. The molecule has 5 rings (SSSR count). The number of hydrogen-bond donors (Lipinski definition) is 3. The van der Waals surface area contributed by atoms with Crippen molar-refractivity contribution in [1.29, 1.82) is 0 Å². The fourth-order valence-electron chi connectivity index (χ4n) is 5.07. The lowest BCUT2D eigenvalue weighted by atomic mass is 10.0. The Bertz CT molecular complexity index is 734. The second kappa shape index (κ2) is 3.81. The number of carbonyl (C=O) groups excluding carboxylic acids is 1. The summed E-state index contributed by atoms with van der Waals surface area (Å²) in [5, 5.41) is 4.19. The molecule has 21 heavy (non-hydrogen) atoms. The molecule has 4 heteroatoms. The molecule has 1 aromatic carbocycles. The van der Waals surface area contributed by atoms with Crippen LogP contribution in [0.3, 0.4) is 0 Å². The number of nitrogens with two attached hydrogens (primary N) is 1. The molecule has 4 unspecified atom stereocenters. The zero-order chi connectivity index (χ0) is 14.1. The van der Waals surface area contributed by atoms with Crippen molar-refractivity contribution in [3.05, 3.63) is 30.0 Å². The van der Waals surface area contributed by atoms with E-state index in [0.717, 1.165) is 40.1 Å². The molecule has 0 aliphatic heterocycles. The third-order valence-corrected chi connectivity index (χ3v) is 5.98. The highest BCUT2D eigenvalue weighted by atomic mass is 16.1. The first-order valence-electron chi connectivity index (χ1n) is 7.90. The van der Waals surface area contributed by atoms with Gasteiger partial charge in [0.05, 0.1) is 5.56 Å². The summed E-state index contributed by atoms with van der Waals surface area (Å²) in [5.74, 6) is 3.34. The predicted molar refractivity (Wildman–Crippen MR) is 81.8 cm³/mol. The number of fused-ring (bicyclic) bond motifs is 6. The molecule has 3 aliphatic carbocycles. The zero-order valence-corrected chi connectivity index (χ0v) is 11.8. The lowest BCUT2D eigenvalue weighted by Crippen LogP contribution is -2.29. The van der Waals surface area contributed by atoms with Gasteiger partial charge >= 0.3 is 0 Å². The lowest BCUT2D eigenvalue weighted by Gasteiger charge is -2.10. The maximum atomic E-state index is 12.6. The Morgan fingerprint density at radius 3 is 2.76 bits per heavy atom. The van der Waals surface area contributed by atoms with E-state index in [2.05, 4.69) is 10.3 Å². The highest BCUT2D eigenvalue weighted by molar-refractivity contribution is 6.07. The van der Waals surface area contributed by atoms with Crippen molar-refractivity contribution < 1.29 is 4.79 Å². The average molecular weight is 281 g/mol. The van der Waals surface area contributed by atoms with E-state index in [0.29, 0.717) is 11.7 Å². The number of nitrogen functional groups attached to an aromatic ring is 1. The van der Waals surface area contributed by atoms with Crippen LogP contribution in [-0.2, 0) is 0 Å². The first kappa shape index (κ1) is 11.7. The molecule has 3 saturated carbocycles. The number of hydrogen-bond acceptors (Lipinski definition) is 2. The van der Waals surface area contributed by atoms with Gasteiger partial charge in [0.1, 0.15) is 0 Å². The molecular formula is C17H19N3O. The third kappa shape index (κ3) is 1.53. The second-order valence-corrected chi connectivity index (χ2v) is 6.99. The minimum Gasteiger partial charge on any atom is -0.399 e. The summed E-state index contributed by atoms with van der Waals surface area (Å²) in [4.78, 5) is 15.7. The van der Waals surface area contributed by atoms with Gasteiger partial charge in [0.15, 0.2) is 0 Å². The van der Waals surface area contributed by atoms with Gasteiger partial charge in [-0.3, -0.25) is 4.79 Å². The van der Waals surface area contributed by atoms with E-state index < -0.39 is 0 Å².